The zero-order valence-corrected chi connectivity index (χ0v) is 20.9. The highest BCUT2D eigenvalue weighted by atomic mass is 16.5. The van der Waals surface area contributed by atoms with E-state index in [0.29, 0.717) is 30.3 Å². The van der Waals surface area contributed by atoms with Gasteiger partial charge in [0.1, 0.15) is 11.6 Å². The number of anilines is 2. The van der Waals surface area contributed by atoms with Gasteiger partial charge in [0.15, 0.2) is 0 Å². The summed E-state index contributed by atoms with van der Waals surface area (Å²) in [6, 6.07) is 35.4. The minimum absolute atomic E-state index is 0.275. The summed E-state index contributed by atoms with van der Waals surface area (Å²) < 4.78 is 11.4. The molecule has 1 heterocycles. The fourth-order valence-corrected chi connectivity index (χ4v) is 4.17. The van der Waals surface area contributed by atoms with E-state index in [-0.39, 0.29) is 5.88 Å². The standard InChI is InChI=1S/C32H28N2O3/c1-3-36-28-19-15-25(16-20-28)32(35)37-31-29-12-8-7-11-26(29)21-30(33-31)34(22-24-9-5-4-6-10-24)27-17-13-23(2)14-18-27/h4-21H,3,22H2,1-2H3. The molecule has 0 fully saturated rings. The van der Waals surface area contributed by atoms with Gasteiger partial charge in [-0.2, -0.15) is 4.98 Å². The number of nitrogens with zero attached hydrogens (tertiary/aromatic N) is 2. The second-order valence-corrected chi connectivity index (χ2v) is 8.76. The Bertz CT molecular complexity index is 1500. The van der Waals surface area contributed by atoms with Gasteiger partial charge in [-0.3, -0.25) is 0 Å². The third-order valence-electron chi connectivity index (χ3n) is 6.09. The summed E-state index contributed by atoms with van der Waals surface area (Å²) in [4.78, 5) is 20.1. The number of carbonyl (C=O) groups excluding carboxylic acids is 1. The van der Waals surface area contributed by atoms with Crippen LogP contribution in [0.1, 0.15) is 28.4 Å². The largest absolute Gasteiger partial charge is 0.494 e. The van der Waals surface area contributed by atoms with Gasteiger partial charge < -0.3 is 14.4 Å². The van der Waals surface area contributed by atoms with Crippen LogP contribution in [-0.4, -0.2) is 17.6 Å². The van der Waals surface area contributed by atoms with Crippen molar-refractivity contribution in [1.29, 1.82) is 0 Å². The number of aromatic nitrogens is 1. The maximum absolute atomic E-state index is 13.1. The van der Waals surface area contributed by atoms with Gasteiger partial charge in [-0.05, 0) is 73.3 Å². The van der Waals surface area contributed by atoms with Crippen LogP contribution in [0, 0.1) is 6.92 Å². The van der Waals surface area contributed by atoms with Crippen LogP contribution < -0.4 is 14.4 Å². The van der Waals surface area contributed by atoms with Gasteiger partial charge in [-0.15, -0.1) is 0 Å². The quantitative estimate of drug-likeness (QED) is 0.212. The molecule has 0 radical (unpaired) electrons. The number of pyridine rings is 1. The third kappa shape index (κ3) is 5.62. The molecule has 0 aliphatic carbocycles. The maximum atomic E-state index is 13.1. The van der Waals surface area contributed by atoms with Crippen molar-refractivity contribution in [3.63, 3.8) is 0 Å². The lowest BCUT2D eigenvalue weighted by atomic mass is 10.1. The van der Waals surface area contributed by atoms with E-state index in [9.17, 15) is 4.79 Å². The van der Waals surface area contributed by atoms with E-state index in [1.165, 1.54) is 5.56 Å². The molecule has 1 aromatic heterocycles. The molecule has 5 rings (SSSR count). The van der Waals surface area contributed by atoms with Crippen LogP contribution in [0.4, 0.5) is 11.5 Å². The second-order valence-electron chi connectivity index (χ2n) is 8.76. The summed E-state index contributed by atoms with van der Waals surface area (Å²) in [5.74, 6) is 1.21. The monoisotopic (exact) mass is 488 g/mol. The fraction of sp³-hybridized carbons (Fsp3) is 0.125. The van der Waals surface area contributed by atoms with Crippen molar-refractivity contribution in [2.45, 2.75) is 20.4 Å². The molecule has 0 aliphatic heterocycles. The Morgan fingerprint density at radius 3 is 2.27 bits per heavy atom. The molecule has 5 heteroatoms. The topological polar surface area (TPSA) is 51.7 Å². The number of benzene rings is 4. The van der Waals surface area contributed by atoms with E-state index in [1.807, 2.05) is 55.5 Å². The van der Waals surface area contributed by atoms with Crippen molar-refractivity contribution >= 4 is 28.2 Å². The highest BCUT2D eigenvalue weighted by Gasteiger charge is 2.18. The van der Waals surface area contributed by atoms with Crippen molar-refractivity contribution in [2.24, 2.45) is 0 Å². The summed E-state index contributed by atoms with van der Waals surface area (Å²) in [5, 5.41) is 1.71. The minimum Gasteiger partial charge on any atom is -0.494 e. The Labute approximate surface area is 216 Å². The van der Waals surface area contributed by atoms with Crippen LogP contribution in [0.2, 0.25) is 0 Å². The van der Waals surface area contributed by atoms with E-state index in [0.717, 1.165) is 22.0 Å². The Morgan fingerprint density at radius 1 is 0.838 bits per heavy atom. The van der Waals surface area contributed by atoms with Gasteiger partial charge >= 0.3 is 5.97 Å². The van der Waals surface area contributed by atoms with Crippen molar-refractivity contribution in [1.82, 2.24) is 4.98 Å². The molecule has 0 bridgehead atoms. The lowest BCUT2D eigenvalue weighted by molar-refractivity contribution is 0.0730. The summed E-state index contributed by atoms with van der Waals surface area (Å²) in [6.45, 7) is 5.16. The van der Waals surface area contributed by atoms with Gasteiger partial charge in [-0.25, -0.2) is 4.79 Å². The van der Waals surface area contributed by atoms with E-state index in [4.69, 9.17) is 14.5 Å². The van der Waals surface area contributed by atoms with Crippen LogP contribution in [0.25, 0.3) is 10.8 Å². The number of aryl methyl sites for hydroxylation is 1. The average molecular weight is 489 g/mol. The van der Waals surface area contributed by atoms with Gasteiger partial charge in [0.25, 0.3) is 0 Å². The van der Waals surface area contributed by atoms with Crippen molar-refractivity contribution < 1.29 is 14.3 Å². The number of rotatable bonds is 8. The van der Waals surface area contributed by atoms with Crippen LogP contribution in [0.3, 0.4) is 0 Å². The molecule has 5 nitrogen and oxygen atoms in total. The molecule has 0 saturated carbocycles. The number of esters is 1. The van der Waals surface area contributed by atoms with Crippen LogP contribution >= 0.6 is 0 Å². The van der Waals surface area contributed by atoms with Crippen LogP contribution in [0.15, 0.2) is 109 Å². The maximum Gasteiger partial charge on any atom is 0.344 e. The van der Waals surface area contributed by atoms with Crippen molar-refractivity contribution in [3.05, 3.63) is 126 Å². The first kappa shape index (κ1) is 24.1. The van der Waals surface area contributed by atoms with E-state index in [2.05, 4.69) is 48.2 Å². The summed E-state index contributed by atoms with van der Waals surface area (Å²) in [7, 11) is 0. The minimum atomic E-state index is -0.470. The van der Waals surface area contributed by atoms with Gasteiger partial charge in [0, 0.05) is 17.6 Å². The number of carbonyl (C=O) groups is 1. The lowest BCUT2D eigenvalue weighted by Gasteiger charge is -2.25. The number of hydrogen-bond donors (Lipinski definition) is 0. The molecule has 4 aromatic carbocycles. The first-order valence-electron chi connectivity index (χ1n) is 12.3. The predicted molar refractivity (Wildman–Crippen MR) is 148 cm³/mol. The van der Waals surface area contributed by atoms with E-state index in [1.54, 1.807) is 24.3 Å². The highest BCUT2D eigenvalue weighted by Crippen LogP contribution is 2.33. The highest BCUT2D eigenvalue weighted by molar-refractivity contribution is 5.95. The third-order valence-corrected chi connectivity index (χ3v) is 6.09. The van der Waals surface area contributed by atoms with Crippen LogP contribution in [0.5, 0.6) is 11.6 Å². The normalized spacial score (nSPS) is 10.8. The van der Waals surface area contributed by atoms with Crippen LogP contribution in [-0.2, 0) is 6.54 Å². The molecular weight excluding hydrogens is 460 g/mol. The van der Waals surface area contributed by atoms with Gasteiger partial charge in [0.2, 0.25) is 5.88 Å². The number of fused-ring (bicyclic) bond motifs is 1. The zero-order chi connectivity index (χ0) is 25.6. The second kappa shape index (κ2) is 11.0. The van der Waals surface area contributed by atoms with Gasteiger partial charge in [0.05, 0.1) is 12.2 Å². The SMILES string of the molecule is CCOc1ccc(C(=O)Oc2nc(N(Cc3ccccc3)c3ccc(C)cc3)cc3ccccc23)cc1. The molecule has 0 amide bonds. The Kier molecular flexibility index (Phi) is 7.13. The first-order chi connectivity index (χ1) is 18.1. The fourth-order valence-electron chi connectivity index (χ4n) is 4.17. The molecule has 37 heavy (non-hydrogen) atoms. The molecule has 0 saturated heterocycles. The predicted octanol–water partition coefficient (Wildman–Crippen LogP) is 7.50. The van der Waals surface area contributed by atoms with E-state index < -0.39 is 5.97 Å². The number of ether oxygens (including phenoxy) is 2. The Morgan fingerprint density at radius 2 is 1.54 bits per heavy atom. The smallest absolute Gasteiger partial charge is 0.344 e. The summed E-state index contributed by atoms with van der Waals surface area (Å²) >= 11 is 0. The molecule has 184 valence electrons. The van der Waals surface area contributed by atoms with Gasteiger partial charge in [-0.1, -0.05) is 66.2 Å². The zero-order valence-electron chi connectivity index (χ0n) is 20.9. The molecule has 0 aliphatic rings. The molecule has 0 N–H and O–H groups in total. The molecule has 0 spiro atoms. The molecule has 5 aromatic rings. The summed E-state index contributed by atoms with van der Waals surface area (Å²) in [6.07, 6.45) is 0. The average Bonchev–Trinajstić information content (AvgIpc) is 2.93. The van der Waals surface area contributed by atoms with Crippen molar-refractivity contribution in [3.8, 4) is 11.6 Å². The first-order valence-corrected chi connectivity index (χ1v) is 12.3. The Hall–Kier alpha value is -4.64. The molecule has 0 unspecified atom stereocenters. The Balaban J connectivity index is 1.55. The van der Waals surface area contributed by atoms with E-state index >= 15 is 0 Å². The molecule has 0 atom stereocenters. The molecular formula is C32H28N2O3. The summed E-state index contributed by atoms with van der Waals surface area (Å²) in [5.41, 5.74) is 3.76. The number of hydrogen-bond acceptors (Lipinski definition) is 5. The lowest BCUT2D eigenvalue weighted by Crippen LogP contribution is -2.19. The van der Waals surface area contributed by atoms with Crippen molar-refractivity contribution in [2.75, 3.05) is 11.5 Å².